The third-order valence-corrected chi connectivity index (χ3v) is 2.94. The van der Waals surface area contributed by atoms with Crippen LogP contribution in [0.25, 0.3) is 5.69 Å². The van der Waals surface area contributed by atoms with Crippen LogP contribution in [0, 0.1) is 6.92 Å². The van der Waals surface area contributed by atoms with Gasteiger partial charge in [0.1, 0.15) is 0 Å². The lowest BCUT2D eigenvalue weighted by Gasteiger charge is -2.14. The number of nitrogens with zero attached hydrogens (tertiary/aromatic N) is 2. The molecule has 0 unspecified atom stereocenters. The molecule has 0 amide bonds. The molecule has 0 aliphatic heterocycles. The highest BCUT2D eigenvalue weighted by Crippen LogP contribution is 2.27. The lowest BCUT2D eigenvalue weighted by Crippen LogP contribution is -2.12. The minimum absolute atomic E-state index is 0.107. The minimum Gasteiger partial charge on any atom is -0.408 e. The van der Waals surface area contributed by atoms with E-state index in [0.717, 1.165) is 16.9 Å². The molecule has 0 fully saturated rings. The van der Waals surface area contributed by atoms with Gasteiger partial charge in [0.05, 0.1) is 11.4 Å². The first-order chi connectivity index (χ1) is 9.27. The number of benzene rings is 1. The number of carbonyl (C=O) groups excluding carboxylic acids is 1. The fourth-order valence-corrected chi connectivity index (χ4v) is 1.90. The van der Waals surface area contributed by atoms with Crippen molar-refractivity contribution in [2.45, 2.75) is 40.0 Å². The van der Waals surface area contributed by atoms with Gasteiger partial charge in [-0.25, -0.2) is 4.68 Å². The molecule has 1 heterocycles. The van der Waals surface area contributed by atoms with E-state index in [2.05, 4.69) is 25.9 Å². The van der Waals surface area contributed by atoms with Crippen molar-refractivity contribution in [3.63, 3.8) is 0 Å². The van der Waals surface area contributed by atoms with E-state index in [-0.39, 0.29) is 11.4 Å². The van der Waals surface area contributed by atoms with Crippen LogP contribution in [0.15, 0.2) is 30.3 Å². The smallest absolute Gasteiger partial charge is 0.309 e. The van der Waals surface area contributed by atoms with Gasteiger partial charge >= 0.3 is 5.97 Å². The molecule has 0 saturated heterocycles. The monoisotopic (exact) mass is 272 g/mol. The number of aryl methyl sites for hydroxylation is 1. The van der Waals surface area contributed by atoms with E-state index in [1.54, 1.807) is 4.68 Å². The second-order valence-electron chi connectivity index (χ2n) is 5.96. The predicted octanol–water partition coefficient (Wildman–Crippen LogP) is 3.40. The van der Waals surface area contributed by atoms with Crippen LogP contribution in [0.4, 0.5) is 0 Å². The van der Waals surface area contributed by atoms with Crippen molar-refractivity contribution >= 4 is 5.97 Å². The van der Waals surface area contributed by atoms with Gasteiger partial charge in [0.2, 0.25) is 5.88 Å². The number of ether oxygens (including phenoxy) is 1. The Kier molecular flexibility index (Phi) is 3.66. The fourth-order valence-electron chi connectivity index (χ4n) is 1.90. The second-order valence-corrected chi connectivity index (χ2v) is 5.96. The number of hydrogen-bond donors (Lipinski definition) is 0. The second kappa shape index (κ2) is 5.12. The molecule has 4 nitrogen and oxygen atoms in total. The lowest BCUT2D eigenvalue weighted by molar-refractivity contribution is -0.132. The maximum Gasteiger partial charge on any atom is 0.309 e. The first-order valence-electron chi connectivity index (χ1n) is 6.63. The van der Waals surface area contributed by atoms with E-state index >= 15 is 0 Å². The first-order valence-corrected chi connectivity index (χ1v) is 6.63. The van der Waals surface area contributed by atoms with Crippen LogP contribution in [-0.4, -0.2) is 15.7 Å². The highest BCUT2D eigenvalue weighted by molar-refractivity contribution is 5.69. The Morgan fingerprint density at radius 1 is 1.25 bits per heavy atom. The Bertz CT molecular complexity index is 636. The molecule has 0 atom stereocenters. The molecule has 0 aliphatic carbocycles. The van der Waals surface area contributed by atoms with Gasteiger partial charge in [-0.1, -0.05) is 32.9 Å². The third kappa shape index (κ3) is 3.07. The zero-order valence-electron chi connectivity index (χ0n) is 12.6. The summed E-state index contributed by atoms with van der Waals surface area (Å²) in [6, 6.07) is 9.75. The molecule has 0 bridgehead atoms. The summed E-state index contributed by atoms with van der Waals surface area (Å²) in [5.41, 5.74) is 2.79. The Labute approximate surface area is 119 Å². The summed E-state index contributed by atoms with van der Waals surface area (Å²) < 4.78 is 6.95. The summed E-state index contributed by atoms with van der Waals surface area (Å²) in [6.07, 6.45) is 0. The Morgan fingerprint density at radius 3 is 2.50 bits per heavy atom. The van der Waals surface area contributed by atoms with Crippen molar-refractivity contribution in [3.8, 4) is 11.6 Å². The van der Waals surface area contributed by atoms with E-state index < -0.39 is 0 Å². The summed E-state index contributed by atoms with van der Waals surface area (Å²) in [7, 11) is 0. The molecule has 0 N–H and O–H groups in total. The van der Waals surface area contributed by atoms with Gasteiger partial charge in [0.15, 0.2) is 0 Å². The van der Waals surface area contributed by atoms with Crippen LogP contribution in [0.5, 0.6) is 5.88 Å². The summed E-state index contributed by atoms with van der Waals surface area (Å²) >= 11 is 0. The molecule has 2 aromatic rings. The van der Waals surface area contributed by atoms with Crippen LogP contribution in [0.1, 0.15) is 39.0 Å². The number of rotatable bonds is 2. The van der Waals surface area contributed by atoms with Gasteiger partial charge in [-0.05, 0) is 24.6 Å². The summed E-state index contributed by atoms with van der Waals surface area (Å²) in [5.74, 6) is 0.104. The minimum atomic E-state index is -0.348. The van der Waals surface area contributed by atoms with Crippen LogP contribution in [-0.2, 0) is 10.2 Å². The highest BCUT2D eigenvalue weighted by atomic mass is 16.5. The van der Waals surface area contributed by atoms with Gasteiger partial charge in [-0.3, -0.25) is 4.79 Å². The molecule has 1 aromatic heterocycles. The van der Waals surface area contributed by atoms with E-state index in [9.17, 15) is 4.79 Å². The Morgan fingerprint density at radius 2 is 1.95 bits per heavy atom. The molecule has 0 radical (unpaired) electrons. The number of aromatic nitrogens is 2. The molecule has 4 heteroatoms. The number of carbonyl (C=O) groups is 1. The molecule has 2 rings (SSSR count). The van der Waals surface area contributed by atoms with E-state index in [0.29, 0.717) is 5.88 Å². The predicted molar refractivity (Wildman–Crippen MR) is 78.3 cm³/mol. The average Bonchev–Trinajstić information content (AvgIpc) is 2.71. The van der Waals surface area contributed by atoms with Gasteiger partial charge in [0, 0.05) is 18.4 Å². The molecule has 0 aliphatic rings. The molecule has 20 heavy (non-hydrogen) atoms. The summed E-state index contributed by atoms with van der Waals surface area (Å²) in [5, 5.41) is 4.59. The zero-order valence-corrected chi connectivity index (χ0v) is 12.6. The number of hydrogen-bond acceptors (Lipinski definition) is 3. The van der Waals surface area contributed by atoms with Crippen molar-refractivity contribution in [1.82, 2.24) is 9.78 Å². The van der Waals surface area contributed by atoms with Crippen molar-refractivity contribution < 1.29 is 9.53 Å². The number of esters is 1. The molecule has 106 valence electrons. The van der Waals surface area contributed by atoms with Gasteiger partial charge in [0.25, 0.3) is 0 Å². The van der Waals surface area contributed by atoms with Gasteiger partial charge in [-0.2, -0.15) is 5.10 Å². The van der Waals surface area contributed by atoms with Crippen LogP contribution < -0.4 is 4.74 Å². The third-order valence-electron chi connectivity index (χ3n) is 2.94. The summed E-state index contributed by atoms with van der Waals surface area (Å²) in [4.78, 5) is 11.3. The molecular formula is C16H20N2O2. The average molecular weight is 272 g/mol. The molecule has 0 spiro atoms. The van der Waals surface area contributed by atoms with E-state index in [4.69, 9.17) is 4.74 Å². The van der Waals surface area contributed by atoms with Crippen LogP contribution in [0.3, 0.4) is 0 Å². The fraction of sp³-hybridized carbons (Fsp3) is 0.375. The van der Waals surface area contributed by atoms with E-state index in [1.807, 2.05) is 37.3 Å². The van der Waals surface area contributed by atoms with Crippen molar-refractivity contribution in [1.29, 1.82) is 0 Å². The summed E-state index contributed by atoms with van der Waals surface area (Å²) in [6.45, 7) is 9.64. The van der Waals surface area contributed by atoms with Crippen LogP contribution in [0.2, 0.25) is 0 Å². The maximum absolute atomic E-state index is 11.3. The lowest BCUT2D eigenvalue weighted by atomic mass is 9.93. The van der Waals surface area contributed by atoms with Crippen molar-refractivity contribution in [2.75, 3.05) is 0 Å². The largest absolute Gasteiger partial charge is 0.408 e. The van der Waals surface area contributed by atoms with Crippen molar-refractivity contribution in [2.24, 2.45) is 0 Å². The Hall–Kier alpha value is -2.10. The van der Waals surface area contributed by atoms with Gasteiger partial charge < -0.3 is 4.74 Å². The molecular weight excluding hydrogens is 252 g/mol. The van der Waals surface area contributed by atoms with Crippen LogP contribution >= 0.6 is 0 Å². The van der Waals surface area contributed by atoms with Gasteiger partial charge in [-0.15, -0.1) is 0 Å². The first kappa shape index (κ1) is 14.3. The standard InChI is InChI=1S/C16H20N2O2/c1-11-7-6-8-13(9-11)18-15(20-12(2)19)10-14(17-18)16(3,4)5/h6-10H,1-5H3. The Balaban J connectivity index is 2.55. The molecule has 1 aromatic carbocycles. The quantitative estimate of drug-likeness (QED) is 0.787. The molecule has 0 saturated carbocycles. The SMILES string of the molecule is CC(=O)Oc1cc(C(C)(C)C)nn1-c1cccc(C)c1. The topological polar surface area (TPSA) is 44.1 Å². The van der Waals surface area contributed by atoms with E-state index in [1.165, 1.54) is 6.92 Å². The normalized spacial score (nSPS) is 11.4. The van der Waals surface area contributed by atoms with Crippen molar-refractivity contribution in [3.05, 3.63) is 41.6 Å². The highest BCUT2D eigenvalue weighted by Gasteiger charge is 2.22. The zero-order chi connectivity index (χ0) is 14.9. The maximum atomic E-state index is 11.3.